The predicted octanol–water partition coefficient (Wildman–Crippen LogP) is 4.81. The summed E-state index contributed by atoms with van der Waals surface area (Å²) in [6, 6.07) is 11.4. The molecule has 1 aliphatic heterocycles. The largest absolute Gasteiger partial charge is 0.493 e. The van der Waals surface area contributed by atoms with Crippen LogP contribution < -0.4 is 14.4 Å². The number of piperazine rings is 1. The highest BCUT2D eigenvalue weighted by atomic mass is 35.5. The smallest absolute Gasteiger partial charge is 0.414 e. The second kappa shape index (κ2) is 11.0. The Morgan fingerprint density at radius 1 is 1.03 bits per heavy atom. The number of benzene rings is 2. The van der Waals surface area contributed by atoms with Crippen molar-refractivity contribution in [3.05, 3.63) is 52.0 Å². The van der Waals surface area contributed by atoms with E-state index in [1.54, 1.807) is 27.3 Å². The minimum Gasteiger partial charge on any atom is -0.493 e. The van der Waals surface area contributed by atoms with Crippen LogP contribution in [0.25, 0.3) is 0 Å². The summed E-state index contributed by atoms with van der Waals surface area (Å²) in [5, 5.41) is 1.32. The van der Waals surface area contributed by atoms with Crippen LogP contribution in [0.1, 0.15) is 5.56 Å². The maximum absolute atomic E-state index is 11.8. The average molecular weight is 475 g/mol. The number of amides is 1. The van der Waals surface area contributed by atoms with E-state index in [0.717, 1.165) is 42.5 Å². The number of hydrogen-bond acceptors (Lipinski definition) is 5. The van der Waals surface area contributed by atoms with Crippen LogP contribution in [0.4, 0.5) is 10.5 Å². The van der Waals surface area contributed by atoms with Crippen molar-refractivity contribution in [3.8, 4) is 11.5 Å². The molecular formula is C21H26Cl3N3O3. The molecule has 3 rings (SSSR count). The Bertz CT molecular complexity index is 872. The van der Waals surface area contributed by atoms with Crippen LogP contribution in [0, 0.1) is 0 Å². The van der Waals surface area contributed by atoms with Crippen molar-refractivity contribution in [3.63, 3.8) is 0 Å². The number of para-hydroxylation sites is 1. The third-order valence-electron chi connectivity index (χ3n) is 4.85. The number of carbonyl (C=O) groups is 1. The lowest BCUT2D eigenvalue weighted by molar-refractivity contribution is 0.170. The van der Waals surface area contributed by atoms with Crippen molar-refractivity contribution in [2.45, 2.75) is 6.54 Å². The number of halogens is 3. The van der Waals surface area contributed by atoms with Crippen molar-refractivity contribution in [2.75, 3.05) is 52.3 Å². The molecule has 9 heteroatoms. The van der Waals surface area contributed by atoms with Gasteiger partial charge in [0.15, 0.2) is 11.5 Å². The number of anilines is 1. The molecule has 164 valence electrons. The lowest BCUT2D eigenvalue weighted by atomic mass is 10.1. The fraction of sp³-hybridized carbons (Fsp3) is 0.381. The lowest BCUT2D eigenvalue weighted by Gasteiger charge is -2.36. The first-order valence-corrected chi connectivity index (χ1v) is 10.1. The molecule has 6 nitrogen and oxygen atoms in total. The molecule has 0 radical (unpaired) electrons. The number of rotatable bonds is 5. The van der Waals surface area contributed by atoms with E-state index >= 15 is 0 Å². The summed E-state index contributed by atoms with van der Waals surface area (Å²) in [5.74, 6) is 0.790. The summed E-state index contributed by atoms with van der Waals surface area (Å²) in [4.78, 5) is 17.8. The van der Waals surface area contributed by atoms with Gasteiger partial charge in [0.2, 0.25) is 0 Å². The van der Waals surface area contributed by atoms with E-state index in [4.69, 9.17) is 32.7 Å². The minimum absolute atomic E-state index is 0. The van der Waals surface area contributed by atoms with Gasteiger partial charge in [-0.15, -0.1) is 12.4 Å². The molecule has 0 bridgehead atoms. The van der Waals surface area contributed by atoms with Gasteiger partial charge in [-0.1, -0.05) is 35.3 Å². The molecule has 0 saturated carbocycles. The van der Waals surface area contributed by atoms with Gasteiger partial charge in [-0.25, -0.2) is 4.79 Å². The molecule has 0 aliphatic carbocycles. The normalized spacial score (nSPS) is 14.1. The standard InChI is InChI=1S/C21H25Cl2N3O3.ClH/c1-24(2)21(27)29-20-13-17(23)15(12-19(20)28-3)14-25-8-10-26(11-9-25)18-7-5-4-6-16(18)22;/h4-7,12-13H,8-11,14H2,1-3H3;1H. The Hall–Kier alpha value is -1.86. The van der Waals surface area contributed by atoms with Crippen LogP contribution in [0.2, 0.25) is 10.0 Å². The highest BCUT2D eigenvalue weighted by Gasteiger charge is 2.21. The number of methoxy groups -OCH3 is 1. The second-order valence-electron chi connectivity index (χ2n) is 7.07. The first-order chi connectivity index (χ1) is 13.9. The third-order valence-corrected chi connectivity index (χ3v) is 5.53. The first-order valence-electron chi connectivity index (χ1n) is 9.36. The van der Waals surface area contributed by atoms with Crippen LogP contribution in [-0.2, 0) is 6.54 Å². The fourth-order valence-corrected chi connectivity index (χ4v) is 3.69. The van der Waals surface area contributed by atoms with Gasteiger partial charge in [-0.2, -0.15) is 0 Å². The Kier molecular flexibility index (Phi) is 8.92. The second-order valence-corrected chi connectivity index (χ2v) is 7.89. The molecule has 1 aliphatic rings. The first kappa shape index (κ1) is 24.4. The average Bonchev–Trinajstić information content (AvgIpc) is 2.71. The van der Waals surface area contributed by atoms with Crippen molar-refractivity contribution in [1.29, 1.82) is 0 Å². The molecule has 2 aromatic carbocycles. The van der Waals surface area contributed by atoms with Crippen LogP contribution in [0.3, 0.4) is 0 Å². The van der Waals surface area contributed by atoms with Gasteiger partial charge in [0.05, 0.1) is 17.8 Å². The van der Waals surface area contributed by atoms with Gasteiger partial charge in [0, 0.05) is 57.9 Å². The summed E-state index contributed by atoms with van der Waals surface area (Å²) >= 11 is 12.8. The van der Waals surface area contributed by atoms with Gasteiger partial charge in [-0.3, -0.25) is 4.90 Å². The summed E-state index contributed by atoms with van der Waals surface area (Å²) in [6.07, 6.45) is -0.484. The minimum atomic E-state index is -0.484. The fourth-order valence-electron chi connectivity index (χ4n) is 3.22. The molecular weight excluding hydrogens is 449 g/mol. The lowest BCUT2D eigenvalue weighted by Crippen LogP contribution is -2.46. The quantitative estimate of drug-likeness (QED) is 0.622. The monoisotopic (exact) mass is 473 g/mol. The van der Waals surface area contributed by atoms with Crippen LogP contribution in [0.15, 0.2) is 36.4 Å². The van der Waals surface area contributed by atoms with E-state index in [-0.39, 0.29) is 12.4 Å². The highest BCUT2D eigenvalue weighted by molar-refractivity contribution is 6.33. The molecule has 1 saturated heterocycles. The van der Waals surface area contributed by atoms with Crippen molar-refractivity contribution in [1.82, 2.24) is 9.80 Å². The van der Waals surface area contributed by atoms with Gasteiger partial charge >= 0.3 is 6.09 Å². The number of nitrogens with zero attached hydrogens (tertiary/aromatic N) is 3. The summed E-state index contributed by atoms with van der Waals surface area (Å²) in [7, 11) is 4.78. The molecule has 30 heavy (non-hydrogen) atoms. The van der Waals surface area contributed by atoms with E-state index in [1.165, 1.54) is 4.90 Å². The van der Waals surface area contributed by atoms with E-state index in [9.17, 15) is 4.79 Å². The van der Waals surface area contributed by atoms with Crippen LogP contribution in [0.5, 0.6) is 11.5 Å². The zero-order valence-corrected chi connectivity index (χ0v) is 19.6. The Morgan fingerprint density at radius 2 is 1.70 bits per heavy atom. The molecule has 1 amide bonds. The molecule has 1 heterocycles. The summed E-state index contributed by atoms with van der Waals surface area (Å²) in [5.41, 5.74) is 2.00. The third kappa shape index (κ3) is 5.85. The molecule has 0 unspecified atom stereocenters. The van der Waals surface area contributed by atoms with Gasteiger partial charge in [0.25, 0.3) is 0 Å². The van der Waals surface area contributed by atoms with E-state index in [0.29, 0.717) is 23.1 Å². The van der Waals surface area contributed by atoms with Crippen molar-refractivity contribution in [2.24, 2.45) is 0 Å². The van der Waals surface area contributed by atoms with Gasteiger partial charge in [-0.05, 0) is 23.8 Å². The molecule has 2 aromatic rings. The Morgan fingerprint density at radius 3 is 2.30 bits per heavy atom. The Labute approximate surface area is 193 Å². The van der Waals surface area contributed by atoms with Crippen molar-refractivity contribution >= 4 is 47.4 Å². The zero-order chi connectivity index (χ0) is 21.0. The van der Waals surface area contributed by atoms with Gasteiger partial charge < -0.3 is 19.3 Å². The maximum Gasteiger partial charge on any atom is 0.414 e. The van der Waals surface area contributed by atoms with Crippen LogP contribution in [-0.4, -0.2) is 63.3 Å². The number of hydrogen-bond donors (Lipinski definition) is 0. The molecule has 0 N–H and O–H groups in total. The summed E-state index contributed by atoms with van der Waals surface area (Å²) in [6.45, 7) is 4.24. The number of carbonyl (C=O) groups excluding carboxylic acids is 1. The van der Waals surface area contributed by atoms with Crippen molar-refractivity contribution < 1.29 is 14.3 Å². The predicted molar refractivity (Wildman–Crippen MR) is 124 cm³/mol. The molecule has 0 atom stereocenters. The topological polar surface area (TPSA) is 45.3 Å². The van der Waals surface area contributed by atoms with E-state index in [2.05, 4.69) is 9.80 Å². The van der Waals surface area contributed by atoms with Crippen LogP contribution >= 0.6 is 35.6 Å². The van der Waals surface area contributed by atoms with E-state index < -0.39 is 6.09 Å². The molecule has 0 aromatic heterocycles. The van der Waals surface area contributed by atoms with Gasteiger partial charge in [0.1, 0.15) is 0 Å². The Balaban J connectivity index is 0.00000320. The highest BCUT2D eigenvalue weighted by Crippen LogP contribution is 2.34. The maximum atomic E-state index is 11.8. The summed E-state index contributed by atoms with van der Waals surface area (Å²) < 4.78 is 10.7. The molecule has 0 spiro atoms. The zero-order valence-electron chi connectivity index (χ0n) is 17.2. The SMILES string of the molecule is COc1cc(CN2CCN(c3ccccc3Cl)CC2)c(Cl)cc1OC(=O)N(C)C.Cl. The number of ether oxygens (including phenoxy) is 2. The molecule has 1 fully saturated rings. The van der Waals surface area contributed by atoms with E-state index in [1.807, 2.05) is 30.3 Å².